The highest BCUT2D eigenvalue weighted by Gasteiger charge is 2.14. The summed E-state index contributed by atoms with van der Waals surface area (Å²) in [4.78, 5) is 12.9. The monoisotopic (exact) mass is 215 g/mol. The van der Waals surface area contributed by atoms with E-state index in [1.54, 1.807) is 6.92 Å². The maximum Gasteiger partial charge on any atom is 0.307 e. The van der Waals surface area contributed by atoms with Crippen LogP contribution < -0.4 is 0 Å². The van der Waals surface area contributed by atoms with Gasteiger partial charge in [0.05, 0.1) is 5.92 Å². The van der Waals surface area contributed by atoms with E-state index < -0.39 is 5.97 Å². The lowest BCUT2D eigenvalue weighted by atomic mass is 10.1. The number of hydrogen-bond donors (Lipinski definition) is 1. The third-order valence-electron chi connectivity index (χ3n) is 2.66. The van der Waals surface area contributed by atoms with Gasteiger partial charge in [0.25, 0.3) is 0 Å². The third-order valence-corrected chi connectivity index (χ3v) is 2.66. The topological polar surface area (TPSA) is 40.5 Å². The molecular weight excluding hydrogens is 190 g/mol. The van der Waals surface area contributed by atoms with E-state index >= 15 is 0 Å². The molecule has 0 saturated heterocycles. The maximum atomic E-state index is 10.7. The molecule has 0 bridgehead atoms. The Morgan fingerprint density at radius 1 is 1.33 bits per heavy atom. The minimum Gasteiger partial charge on any atom is -0.481 e. The number of carboxylic acids is 1. The Morgan fingerprint density at radius 2 is 1.93 bits per heavy atom. The molecule has 0 aromatic carbocycles. The molecule has 0 saturated carbocycles. The van der Waals surface area contributed by atoms with Gasteiger partial charge in [0, 0.05) is 6.54 Å². The Bertz CT molecular complexity index is 180. The summed E-state index contributed by atoms with van der Waals surface area (Å²) in [7, 11) is 0. The Labute approximate surface area is 93.5 Å². The van der Waals surface area contributed by atoms with Gasteiger partial charge in [-0.25, -0.2) is 0 Å². The fourth-order valence-electron chi connectivity index (χ4n) is 1.57. The molecule has 0 spiro atoms. The van der Waals surface area contributed by atoms with Gasteiger partial charge in [-0.2, -0.15) is 0 Å². The molecule has 0 fully saturated rings. The van der Waals surface area contributed by atoms with Gasteiger partial charge < -0.3 is 10.0 Å². The molecule has 0 aliphatic rings. The van der Waals surface area contributed by atoms with Gasteiger partial charge in [-0.05, 0) is 31.8 Å². The smallest absolute Gasteiger partial charge is 0.307 e. The lowest BCUT2D eigenvalue weighted by molar-refractivity contribution is -0.141. The van der Waals surface area contributed by atoms with Crippen LogP contribution >= 0.6 is 0 Å². The van der Waals surface area contributed by atoms with Crippen molar-refractivity contribution in [2.24, 2.45) is 11.8 Å². The Kier molecular flexibility index (Phi) is 7.39. The van der Waals surface area contributed by atoms with Gasteiger partial charge >= 0.3 is 5.97 Å². The summed E-state index contributed by atoms with van der Waals surface area (Å²) < 4.78 is 0. The highest BCUT2D eigenvalue weighted by Crippen LogP contribution is 2.06. The van der Waals surface area contributed by atoms with Crippen LogP contribution in [0.2, 0.25) is 0 Å². The zero-order valence-electron chi connectivity index (χ0n) is 10.5. The lowest BCUT2D eigenvalue weighted by Gasteiger charge is -2.22. The molecule has 15 heavy (non-hydrogen) atoms. The average molecular weight is 215 g/mol. The number of aliphatic carboxylic acids is 1. The fraction of sp³-hybridized carbons (Fsp3) is 0.917. The quantitative estimate of drug-likeness (QED) is 0.676. The summed E-state index contributed by atoms with van der Waals surface area (Å²) in [5.41, 5.74) is 0. The first-order valence-electron chi connectivity index (χ1n) is 5.92. The molecule has 0 aliphatic carbocycles. The number of nitrogens with zero attached hydrogens (tertiary/aromatic N) is 1. The maximum absolute atomic E-state index is 10.7. The first-order chi connectivity index (χ1) is 6.97. The molecule has 0 aromatic rings. The molecule has 3 nitrogen and oxygen atoms in total. The number of hydrogen-bond acceptors (Lipinski definition) is 2. The van der Waals surface area contributed by atoms with Crippen molar-refractivity contribution in [3.05, 3.63) is 0 Å². The van der Waals surface area contributed by atoms with Crippen LogP contribution in [0.1, 0.15) is 40.5 Å². The number of carbonyl (C=O) groups is 1. The molecule has 0 radical (unpaired) electrons. The van der Waals surface area contributed by atoms with E-state index in [9.17, 15) is 4.79 Å². The van der Waals surface area contributed by atoms with Gasteiger partial charge in [0.15, 0.2) is 0 Å². The largest absolute Gasteiger partial charge is 0.481 e. The molecule has 3 heteroatoms. The minimum atomic E-state index is -0.697. The lowest BCUT2D eigenvalue weighted by Crippen LogP contribution is -2.32. The Morgan fingerprint density at radius 3 is 2.33 bits per heavy atom. The van der Waals surface area contributed by atoms with Crippen molar-refractivity contribution in [1.29, 1.82) is 0 Å². The molecule has 1 atom stereocenters. The van der Waals surface area contributed by atoms with Crippen LogP contribution in [0.25, 0.3) is 0 Å². The number of rotatable bonds is 8. The van der Waals surface area contributed by atoms with Crippen molar-refractivity contribution >= 4 is 5.97 Å². The first kappa shape index (κ1) is 14.4. The van der Waals surface area contributed by atoms with E-state index in [0.29, 0.717) is 6.54 Å². The molecule has 90 valence electrons. The van der Waals surface area contributed by atoms with Crippen molar-refractivity contribution in [3.8, 4) is 0 Å². The highest BCUT2D eigenvalue weighted by atomic mass is 16.4. The summed E-state index contributed by atoms with van der Waals surface area (Å²) in [5.74, 6) is -0.220. The average Bonchev–Trinajstić information content (AvgIpc) is 2.15. The second-order valence-electron chi connectivity index (χ2n) is 4.67. The molecule has 0 rings (SSSR count). The van der Waals surface area contributed by atoms with Crippen molar-refractivity contribution in [2.45, 2.75) is 40.5 Å². The van der Waals surface area contributed by atoms with Crippen LogP contribution in [0.15, 0.2) is 0 Å². The van der Waals surface area contributed by atoms with Crippen LogP contribution in [0.4, 0.5) is 0 Å². The van der Waals surface area contributed by atoms with Crippen molar-refractivity contribution in [3.63, 3.8) is 0 Å². The van der Waals surface area contributed by atoms with Gasteiger partial charge in [0.1, 0.15) is 0 Å². The summed E-state index contributed by atoms with van der Waals surface area (Å²) >= 11 is 0. The Hall–Kier alpha value is -0.570. The minimum absolute atomic E-state index is 0.260. The van der Waals surface area contributed by atoms with Crippen molar-refractivity contribution in [2.75, 3.05) is 19.6 Å². The molecule has 0 amide bonds. The van der Waals surface area contributed by atoms with Crippen LogP contribution in [0.3, 0.4) is 0 Å². The van der Waals surface area contributed by atoms with Crippen LogP contribution in [0.5, 0.6) is 0 Å². The molecular formula is C12H25NO2. The van der Waals surface area contributed by atoms with E-state index in [-0.39, 0.29) is 5.92 Å². The number of carboxylic acid groups (broad SMARTS) is 1. The zero-order valence-corrected chi connectivity index (χ0v) is 10.5. The molecule has 0 aliphatic heterocycles. The van der Waals surface area contributed by atoms with Crippen LogP contribution in [0, 0.1) is 11.8 Å². The molecule has 1 unspecified atom stereocenters. The van der Waals surface area contributed by atoms with E-state index in [1.165, 1.54) is 6.42 Å². The second-order valence-corrected chi connectivity index (χ2v) is 4.67. The Balaban J connectivity index is 3.77. The van der Waals surface area contributed by atoms with E-state index in [4.69, 9.17) is 5.11 Å². The normalized spacial score (nSPS) is 13.5. The standard InChI is InChI=1S/C12H25NO2/c1-5-13(8-6-7-10(2)3)9-11(4)12(14)15/h10-11H,5-9H2,1-4H3,(H,14,15). The van der Waals surface area contributed by atoms with Gasteiger partial charge in [0.2, 0.25) is 0 Å². The van der Waals surface area contributed by atoms with Crippen molar-refractivity contribution in [1.82, 2.24) is 4.90 Å². The van der Waals surface area contributed by atoms with Gasteiger partial charge in [-0.3, -0.25) is 4.79 Å². The van der Waals surface area contributed by atoms with Gasteiger partial charge in [-0.15, -0.1) is 0 Å². The molecule has 0 aromatic heterocycles. The predicted octanol–water partition coefficient (Wildman–Crippen LogP) is 2.47. The highest BCUT2D eigenvalue weighted by molar-refractivity contribution is 5.69. The third kappa shape index (κ3) is 7.37. The summed E-state index contributed by atoms with van der Waals surface area (Å²) in [5, 5.41) is 8.81. The first-order valence-corrected chi connectivity index (χ1v) is 5.92. The van der Waals surface area contributed by atoms with Crippen LogP contribution in [-0.4, -0.2) is 35.6 Å². The van der Waals surface area contributed by atoms with Crippen molar-refractivity contribution < 1.29 is 9.90 Å². The SMILES string of the molecule is CCN(CCCC(C)C)CC(C)C(=O)O. The summed E-state index contributed by atoms with van der Waals surface area (Å²) in [6, 6.07) is 0. The van der Waals surface area contributed by atoms with E-state index in [2.05, 4.69) is 25.7 Å². The zero-order chi connectivity index (χ0) is 11.8. The van der Waals surface area contributed by atoms with E-state index in [1.807, 2.05) is 0 Å². The second kappa shape index (κ2) is 7.69. The molecule has 0 heterocycles. The fourth-order valence-corrected chi connectivity index (χ4v) is 1.57. The predicted molar refractivity (Wildman–Crippen MR) is 63.0 cm³/mol. The van der Waals surface area contributed by atoms with Gasteiger partial charge in [-0.1, -0.05) is 27.7 Å². The molecule has 1 N–H and O–H groups in total. The van der Waals surface area contributed by atoms with Crippen LogP contribution in [-0.2, 0) is 4.79 Å². The summed E-state index contributed by atoms with van der Waals surface area (Å²) in [6.45, 7) is 10.9. The summed E-state index contributed by atoms with van der Waals surface area (Å²) in [6.07, 6.45) is 2.38. The van der Waals surface area contributed by atoms with E-state index in [0.717, 1.165) is 25.4 Å².